The van der Waals surface area contributed by atoms with Gasteiger partial charge in [0.1, 0.15) is 17.2 Å². The molecule has 78 valence electrons. The molecule has 0 aliphatic carbocycles. The van der Waals surface area contributed by atoms with E-state index in [0.29, 0.717) is 11.3 Å². The summed E-state index contributed by atoms with van der Waals surface area (Å²) in [6, 6.07) is 2.12. The molecule has 6 heteroatoms. The first-order valence-corrected chi connectivity index (χ1v) is 4.62. The molecule has 0 aliphatic rings. The van der Waals surface area contributed by atoms with Crippen molar-refractivity contribution in [2.75, 3.05) is 0 Å². The average Bonchev–Trinajstić information content (AvgIpc) is 2.58. The summed E-state index contributed by atoms with van der Waals surface area (Å²) in [7, 11) is 0. The zero-order chi connectivity index (χ0) is 11.0. The molecule has 0 spiro atoms. The Bertz CT molecular complexity index is 538. The Labute approximate surface area is 88.7 Å². The van der Waals surface area contributed by atoms with Crippen molar-refractivity contribution < 1.29 is 14.3 Å². The highest BCUT2D eigenvalue weighted by Crippen LogP contribution is 2.19. The summed E-state index contributed by atoms with van der Waals surface area (Å²) in [4.78, 5) is 17.5. The SMILES string of the molecule is O=C(O)c1cc(F)cc2[nH]c(CCl)nc12. The average molecular weight is 229 g/mol. The number of halogens is 2. The van der Waals surface area contributed by atoms with E-state index >= 15 is 0 Å². The van der Waals surface area contributed by atoms with Crippen LogP contribution >= 0.6 is 11.6 Å². The number of hydrogen-bond donors (Lipinski definition) is 2. The van der Waals surface area contributed by atoms with Crippen LogP contribution < -0.4 is 0 Å². The number of H-pyrrole nitrogens is 1. The van der Waals surface area contributed by atoms with Crippen molar-refractivity contribution in [3.63, 3.8) is 0 Å². The number of alkyl halides is 1. The van der Waals surface area contributed by atoms with Gasteiger partial charge in [0.25, 0.3) is 0 Å². The van der Waals surface area contributed by atoms with Crippen molar-refractivity contribution in [2.24, 2.45) is 0 Å². The van der Waals surface area contributed by atoms with Gasteiger partial charge in [-0.2, -0.15) is 0 Å². The predicted molar refractivity (Wildman–Crippen MR) is 52.6 cm³/mol. The van der Waals surface area contributed by atoms with Crippen LogP contribution in [0.15, 0.2) is 12.1 Å². The molecule has 0 unspecified atom stereocenters. The Morgan fingerprint density at radius 1 is 1.60 bits per heavy atom. The van der Waals surface area contributed by atoms with Crippen molar-refractivity contribution in [1.29, 1.82) is 0 Å². The van der Waals surface area contributed by atoms with Crippen molar-refractivity contribution in [1.82, 2.24) is 9.97 Å². The number of aromatic nitrogens is 2. The van der Waals surface area contributed by atoms with Gasteiger partial charge in [-0.25, -0.2) is 14.2 Å². The number of aromatic carboxylic acids is 1. The quantitative estimate of drug-likeness (QED) is 0.774. The van der Waals surface area contributed by atoms with Crippen LogP contribution in [0, 0.1) is 5.82 Å². The molecule has 2 N–H and O–H groups in total. The molecular weight excluding hydrogens is 223 g/mol. The second-order valence-electron chi connectivity index (χ2n) is 2.97. The summed E-state index contributed by atoms with van der Waals surface area (Å²) < 4.78 is 13.0. The zero-order valence-corrected chi connectivity index (χ0v) is 8.18. The Hall–Kier alpha value is -1.62. The second kappa shape index (κ2) is 3.51. The van der Waals surface area contributed by atoms with Gasteiger partial charge in [0, 0.05) is 0 Å². The van der Waals surface area contributed by atoms with E-state index in [4.69, 9.17) is 16.7 Å². The summed E-state index contributed by atoms with van der Waals surface area (Å²) in [5.74, 6) is -1.30. The molecule has 0 fully saturated rings. The topological polar surface area (TPSA) is 66.0 Å². The normalized spacial score (nSPS) is 10.8. The number of hydrogen-bond acceptors (Lipinski definition) is 2. The number of rotatable bonds is 2. The molecule has 4 nitrogen and oxygen atoms in total. The van der Waals surface area contributed by atoms with Crippen LogP contribution in [-0.4, -0.2) is 21.0 Å². The fourth-order valence-corrected chi connectivity index (χ4v) is 1.49. The lowest BCUT2D eigenvalue weighted by molar-refractivity contribution is 0.0698. The number of aromatic amines is 1. The highest BCUT2D eigenvalue weighted by molar-refractivity contribution is 6.17. The minimum absolute atomic E-state index is 0.120. The van der Waals surface area contributed by atoms with Crippen LogP contribution in [0.5, 0.6) is 0 Å². The van der Waals surface area contributed by atoms with Crippen molar-refractivity contribution >= 4 is 28.6 Å². The first-order chi connectivity index (χ1) is 7.11. The van der Waals surface area contributed by atoms with Gasteiger partial charge in [-0.15, -0.1) is 11.6 Å². The van der Waals surface area contributed by atoms with E-state index in [1.165, 1.54) is 6.07 Å². The van der Waals surface area contributed by atoms with Crippen molar-refractivity contribution in [3.8, 4) is 0 Å². The molecule has 2 aromatic rings. The van der Waals surface area contributed by atoms with Gasteiger partial charge in [0.2, 0.25) is 0 Å². The van der Waals surface area contributed by atoms with E-state index in [0.717, 1.165) is 6.07 Å². The summed E-state index contributed by atoms with van der Waals surface area (Å²) in [6.45, 7) is 0. The molecule has 1 heterocycles. The molecule has 0 radical (unpaired) electrons. The Morgan fingerprint density at radius 2 is 2.33 bits per heavy atom. The molecule has 0 atom stereocenters. The number of carboxylic acid groups (broad SMARTS) is 1. The minimum atomic E-state index is -1.22. The standard InChI is InChI=1S/C9H6ClFN2O2/c10-3-7-12-6-2-4(11)1-5(9(14)15)8(6)13-7/h1-2H,3H2,(H,12,13)(H,14,15). The predicted octanol–water partition coefficient (Wildman–Crippen LogP) is 2.14. The van der Waals surface area contributed by atoms with E-state index in [-0.39, 0.29) is 17.0 Å². The van der Waals surface area contributed by atoms with Crippen molar-refractivity contribution in [3.05, 3.63) is 29.3 Å². The lowest BCUT2D eigenvalue weighted by Gasteiger charge is -1.95. The first-order valence-electron chi connectivity index (χ1n) is 4.09. The maximum Gasteiger partial charge on any atom is 0.338 e. The van der Waals surface area contributed by atoms with E-state index in [1.807, 2.05) is 0 Å². The van der Waals surface area contributed by atoms with E-state index in [1.54, 1.807) is 0 Å². The number of carbonyl (C=O) groups is 1. The molecule has 0 saturated heterocycles. The Kier molecular flexibility index (Phi) is 2.32. The largest absolute Gasteiger partial charge is 0.478 e. The third-order valence-electron chi connectivity index (χ3n) is 1.96. The first kappa shape index (κ1) is 9.92. The molecule has 0 saturated carbocycles. The maximum absolute atomic E-state index is 13.0. The number of imidazole rings is 1. The second-order valence-corrected chi connectivity index (χ2v) is 3.24. The number of nitrogens with zero attached hydrogens (tertiary/aromatic N) is 1. The van der Waals surface area contributed by atoms with Crippen LogP contribution in [0.4, 0.5) is 4.39 Å². The highest BCUT2D eigenvalue weighted by Gasteiger charge is 2.14. The Morgan fingerprint density at radius 3 is 2.93 bits per heavy atom. The number of nitrogens with one attached hydrogen (secondary N) is 1. The summed E-state index contributed by atoms with van der Waals surface area (Å²) >= 11 is 5.54. The molecule has 1 aromatic carbocycles. The smallest absolute Gasteiger partial charge is 0.338 e. The molecule has 15 heavy (non-hydrogen) atoms. The van der Waals surface area contributed by atoms with Gasteiger partial charge in [-0.1, -0.05) is 0 Å². The third kappa shape index (κ3) is 1.66. The molecule has 2 rings (SSSR count). The van der Waals surface area contributed by atoms with Crippen LogP contribution in [-0.2, 0) is 5.88 Å². The summed E-state index contributed by atoms with van der Waals surface area (Å²) in [5.41, 5.74) is 0.389. The lowest BCUT2D eigenvalue weighted by atomic mass is 10.2. The van der Waals surface area contributed by atoms with Gasteiger partial charge < -0.3 is 10.1 Å². The molecule has 0 bridgehead atoms. The van der Waals surface area contributed by atoms with E-state index < -0.39 is 11.8 Å². The van der Waals surface area contributed by atoms with Crippen LogP contribution in [0.2, 0.25) is 0 Å². The van der Waals surface area contributed by atoms with Gasteiger partial charge >= 0.3 is 5.97 Å². The van der Waals surface area contributed by atoms with Gasteiger partial charge in [0.15, 0.2) is 0 Å². The summed E-state index contributed by atoms with van der Waals surface area (Å²) in [5, 5.41) is 8.84. The lowest BCUT2D eigenvalue weighted by Crippen LogP contribution is -1.98. The summed E-state index contributed by atoms with van der Waals surface area (Å²) in [6.07, 6.45) is 0. The molecular formula is C9H6ClFN2O2. The third-order valence-corrected chi connectivity index (χ3v) is 2.21. The number of benzene rings is 1. The molecule has 0 amide bonds. The van der Waals surface area contributed by atoms with Gasteiger partial charge in [-0.05, 0) is 12.1 Å². The van der Waals surface area contributed by atoms with Gasteiger partial charge in [0.05, 0.1) is 17.0 Å². The zero-order valence-electron chi connectivity index (χ0n) is 7.42. The van der Waals surface area contributed by atoms with E-state index in [9.17, 15) is 9.18 Å². The maximum atomic E-state index is 13.0. The van der Waals surface area contributed by atoms with E-state index in [2.05, 4.69) is 9.97 Å². The Balaban J connectivity index is 2.77. The van der Waals surface area contributed by atoms with Gasteiger partial charge in [-0.3, -0.25) is 0 Å². The van der Waals surface area contributed by atoms with Crippen molar-refractivity contribution in [2.45, 2.75) is 5.88 Å². The minimum Gasteiger partial charge on any atom is -0.478 e. The highest BCUT2D eigenvalue weighted by atomic mass is 35.5. The van der Waals surface area contributed by atoms with Crippen LogP contribution in [0.1, 0.15) is 16.2 Å². The fraction of sp³-hybridized carbons (Fsp3) is 0.111. The van der Waals surface area contributed by atoms with Crippen LogP contribution in [0.25, 0.3) is 11.0 Å². The van der Waals surface area contributed by atoms with Crippen LogP contribution in [0.3, 0.4) is 0 Å². The fourth-order valence-electron chi connectivity index (χ4n) is 1.36. The number of carboxylic acids is 1. The molecule has 0 aliphatic heterocycles. The number of fused-ring (bicyclic) bond motifs is 1. The molecule has 1 aromatic heterocycles. The monoisotopic (exact) mass is 228 g/mol.